The van der Waals surface area contributed by atoms with Crippen molar-refractivity contribution < 1.29 is 5.11 Å². The van der Waals surface area contributed by atoms with E-state index in [0.717, 1.165) is 24.2 Å². The summed E-state index contributed by atoms with van der Waals surface area (Å²) in [5, 5.41) is 10.4. The highest BCUT2D eigenvalue weighted by Crippen LogP contribution is 2.60. The average Bonchev–Trinajstić information content (AvgIpc) is 2.75. The molecule has 0 saturated heterocycles. The molecule has 4 rings (SSSR count). The van der Waals surface area contributed by atoms with E-state index in [4.69, 9.17) is 0 Å². The van der Waals surface area contributed by atoms with Gasteiger partial charge in [0.25, 0.3) is 0 Å². The lowest BCUT2D eigenvalue weighted by atomic mass is 9.55. The summed E-state index contributed by atoms with van der Waals surface area (Å²) in [7, 11) is 0. The minimum absolute atomic E-state index is 0.0519. The molecule has 0 bridgehead atoms. The zero-order valence-corrected chi connectivity index (χ0v) is 11.7. The minimum atomic E-state index is -0.0519. The predicted octanol–water partition coefficient (Wildman–Crippen LogP) is 3.70. The van der Waals surface area contributed by atoms with Crippen molar-refractivity contribution >= 4 is 0 Å². The van der Waals surface area contributed by atoms with E-state index in [1.54, 1.807) is 5.56 Å². The van der Waals surface area contributed by atoms with Gasteiger partial charge in [0.1, 0.15) is 0 Å². The first kappa shape index (κ1) is 12.0. The van der Waals surface area contributed by atoms with Crippen molar-refractivity contribution in [1.29, 1.82) is 0 Å². The van der Waals surface area contributed by atoms with Crippen LogP contribution < -0.4 is 0 Å². The molecular weight excluding hydrogens is 232 g/mol. The molecule has 0 aliphatic heterocycles. The molecule has 0 unspecified atom stereocenters. The molecule has 19 heavy (non-hydrogen) atoms. The Bertz CT molecular complexity index is 494. The molecular formula is C18H23O. The summed E-state index contributed by atoms with van der Waals surface area (Å²) in [5.41, 5.74) is 3.34. The molecule has 2 saturated carbocycles. The van der Waals surface area contributed by atoms with Gasteiger partial charge in [-0.25, -0.2) is 0 Å². The highest BCUT2D eigenvalue weighted by atomic mass is 16.3. The number of hydrogen-bond donors (Lipinski definition) is 1. The fourth-order valence-corrected chi connectivity index (χ4v) is 5.43. The SMILES string of the molecule is C[C@]12CC[C@@H]3c4cc[c]cc4CC[C@H]3[C@@H]1CC[C@@H]2O. The molecule has 0 aromatic heterocycles. The van der Waals surface area contributed by atoms with Crippen LogP contribution in [0, 0.1) is 23.3 Å². The first-order valence-electron chi connectivity index (χ1n) is 7.87. The first-order valence-corrected chi connectivity index (χ1v) is 7.87. The van der Waals surface area contributed by atoms with Gasteiger partial charge in [-0.1, -0.05) is 25.1 Å². The quantitative estimate of drug-likeness (QED) is 0.749. The molecule has 0 heterocycles. The number of aliphatic hydroxyl groups excluding tert-OH is 1. The Labute approximate surface area is 116 Å². The van der Waals surface area contributed by atoms with Gasteiger partial charge >= 0.3 is 0 Å². The van der Waals surface area contributed by atoms with Crippen LogP contribution in [-0.4, -0.2) is 11.2 Å². The van der Waals surface area contributed by atoms with E-state index < -0.39 is 0 Å². The molecule has 1 nitrogen and oxygen atoms in total. The van der Waals surface area contributed by atoms with Crippen LogP contribution in [0.15, 0.2) is 18.2 Å². The summed E-state index contributed by atoms with van der Waals surface area (Å²) < 4.78 is 0. The van der Waals surface area contributed by atoms with Crippen molar-refractivity contribution in [2.75, 3.05) is 0 Å². The van der Waals surface area contributed by atoms with E-state index in [-0.39, 0.29) is 11.5 Å². The zero-order valence-electron chi connectivity index (χ0n) is 11.7. The van der Waals surface area contributed by atoms with Gasteiger partial charge in [0, 0.05) is 0 Å². The Hall–Kier alpha value is -0.820. The molecule has 101 valence electrons. The van der Waals surface area contributed by atoms with Crippen LogP contribution >= 0.6 is 0 Å². The Kier molecular flexibility index (Phi) is 2.57. The lowest BCUT2D eigenvalue weighted by Crippen LogP contribution is -2.43. The van der Waals surface area contributed by atoms with Crippen molar-refractivity contribution in [1.82, 2.24) is 0 Å². The number of rotatable bonds is 0. The van der Waals surface area contributed by atoms with Crippen molar-refractivity contribution in [3.8, 4) is 0 Å². The van der Waals surface area contributed by atoms with Crippen LogP contribution in [0.5, 0.6) is 0 Å². The van der Waals surface area contributed by atoms with Gasteiger partial charge in [0.2, 0.25) is 0 Å². The van der Waals surface area contributed by atoms with Gasteiger partial charge in [-0.05, 0) is 78.9 Å². The number of aliphatic hydroxyl groups is 1. The zero-order chi connectivity index (χ0) is 13.0. The molecule has 0 amide bonds. The molecule has 2 fully saturated rings. The maximum absolute atomic E-state index is 10.4. The van der Waals surface area contributed by atoms with Crippen molar-refractivity contribution in [3.05, 3.63) is 35.4 Å². The number of fused-ring (bicyclic) bond motifs is 5. The monoisotopic (exact) mass is 255 g/mol. The molecule has 5 atom stereocenters. The Balaban J connectivity index is 1.72. The summed E-state index contributed by atoms with van der Waals surface area (Å²) in [6.07, 6.45) is 7.24. The number of aryl methyl sites for hydroxylation is 1. The van der Waals surface area contributed by atoms with E-state index in [2.05, 4.69) is 31.2 Å². The third-order valence-electron chi connectivity index (χ3n) is 6.52. The smallest absolute Gasteiger partial charge is 0.0596 e. The van der Waals surface area contributed by atoms with Crippen LogP contribution in [-0.2, 0) is 6.42 Å². The van der Waals surface area contributed by atoms with Crippen LogP contribution in [0.2, 0.25) is 0 Å². The highest BCUT2D eigenvalue weighted by molar-refractivity contribution is 5.34. The van der Waals surface area contributed by atoms with E-state index in [9.17, 15) is 5.11 Å². The molecule has 1 aromatic carbocycles. The molecule has 1 heteroatoms. The molecule has 0 spiro atoms. The Morgan fingerprint density at radius 3 is 3.05 bits per heavy atom. The van der Waals surface area contributed by atoms with Gasteiger partial charge < -0.3 is 5.11 Å². The number of hydrogen-bond acceptors (Lipinski definition) is 1. The van der Waals surface area contributed by atoms with Crippen molar-refractivity contribution in [2.24, 2.45) is 17.3 Å². The van der Waals surface area contributed by atoms with E-state index in [1.807, 2.05) is 0 Å². The van der Waals surface area contributed by atoms with E-state index >= 15 is 0 Å². The summed E-state index contributed by atoms with van der Waals surface area (Å²) in [6, 6.07) is 9.82. The summed E-state index contributed by atoms with van der Waals surface area (Å²) in [5.74, 6) is 2.31. The van der Waals surface area contributed by atoms with Crippen molar-refractivity contribution in [3.63, 3.8) is 0 Å². The van der Waals surface area contributed by atoms with Crippen LogP contribution in [0.4, 0.5) is 0 Å². The largest absolute Gasteiger partial charge is 0.393 e. The average molecular weight is 255 g/mol. The van der Waals surface area contributed by atoms with E-state index in [0.29, 0.717) is 0 Å². The lowest BCUT2D eigenvalue weighted by Gasteiger charge is -2.50. The Morgan fingerprint density at radius 1 is 1.26 bits per heavy atom. The molecule has 1 radical (unpaired) electrons. The topological polar surface area (TPSA) is 20.2 Å². The molecule has 1 N–H and O–H groups in total. The third-order valence-corrected chi connectivity index (χ3v) is 6.52. The fraction of sp³-hybridized carbons (Fsp3) is 0.667. The molecule has 3 aliphatic carbocycles. The summed E-state index contributed by atoms with van der Waals surface area (Å²) in [6.45, 7) is 2.35. The highest BCUT2D eigenvalue weighted by Gasteiger charge is 2.54. The minimum Gasteiger partial charge on any atom is -0.393 e. The molecule has 1 aromatic rings. The second kappa shape index (κ2) is 4.09. The van der Waals surface area contributed by atoms with Crippen LogP contribution in [0.25, 0.3) is 0 Å². The third kappa shape index (κ3) is 1.57. The normalized spacial score (nSPS) is 44.3. The fourth-order valence-electron chi connectivity index (χ4n) is 5.43. The maximum atomic E-state index is 10.4. The maximum Gasteiger partial charge on any atom is 0.0596 e. The van der Waals surface area contributed by atoms with Gasteiger partial charge in [-0.2, -0.15) is 0 Å². The number of benzene rings is 1. The summed E-state index contributed by atoms with van der Waals surface area (Å²) >= 11 is 0. The standard InChI is InChI=1S/C18H23O/c1-18-11-10-14-13-5-3-2-4-12(13)6-7-15(14)16(18)8-9-17(18)19/h3-5,14-17,19H,6-11H2,1H3/t14-,15-,16+,17+,18+/m1/s1. The second-order valence-corrected chi connectivity index (χ2v) is 7.18. The van der Waals surface area contributed by atoms with Gasteiger partial charge in [0.15, 0.2) is 0 Å². The van der Waals surface area contributed by atoms with Crippen LogP contribution in [0.3, 0.4) is 0 Å². The van der Waals surface area contributed by atoms with E-state index in [1.165, 1.54) is 37.7 Å². The second-order valence-electron chi connectivity index (χ2n) is 7.18. The molecule has 3 aliphatic rings. The van der Waals surface area contributed by atoms with Gasteiger partial charge in [-0.3, -0.25) is 0 Å². The lowest BCUT2D eigenvalue weighted by molar-refractivity contribution is -0.0226. The van der Waals surface area contributed by atoms with Crippen molar-refractivity contribution in [2.45, 2.75) is 57.5 Å². The predicted molar refractivity (Wildman–Crippen MR) is 75.9 cm³/mol. The Morgan fingerprint density at radius 2 is 2.16 bits per heavy atom. The first-order chi connectivity index (χ1) is 9.20. The van der Waals surface area contributed by atoms with Gasteiger partial charge in [-0.15, -0.1) is 0 Å². The van der Waals surface area contributed by atoms with Gasteiger partial charge in [0.05, 0.1) is 6.10 Å². The van der Waals surface area contributed by atoms with Crippen LogP contribution in [0.1, 0.15) is 56.1 Å². The summed E-state index contributed by atoms with van der Waals surface area (Å²) in [4.78, 5) is 0.